The van der Waals surface area contributed by atoms with E-state index in [4.69, 9.17) is 18.0 Å². The quantitative estimate of drug-likeness (QED) is 0.830. The molecule has 0 amide bonds. The maximum Gasteiger partial charge on any atom is 0.122 e. The first-order valence-corrected chi connectivity index (χ1v) is 6.07. The van der Waals surface area contributed by atoms with Gasteiger partial charge in [-0.25, -0.2) is 0 Å². The van der Waals surface area contributed by atoms with Crippen molar-refractivity contribution in [3.05, 3.63) is 53.3 Å². The highest BCUT2D eigenvalue weighted by Crippen LogP contribution is 2.21. The van der Waals surface area contributed by atoms with Crippen LogP contribution in [0.15, 0.2) is 36.5 Å². The van der Waals surface area contributed by atoms with Crippen molar-refractivity contribution in [2.45, 2.75) is 13.8 Å². The van der Waals surface area contributed by atoms with Gasteiger partial charge >= 0.3 is 0 Å². The van der Waals surface area contributed by atoms with Crippen LogP contribution in [0.1, 0.15) is 16.8 Å². The highest BCUT2D eigenvalue weighted by atomic mass is 32.1. The summed E-state index contributed by atoms with van der Waals surface area (Å²) in [7, 11) is 0. The molecule has 2 rings (SSSR count). The number of thiocarbonyl (C=S) groups is 1. The lowest BCUT2D eigenvalue weighted by Crippen LogP contribution is -2.11. The van der Waals surface area contributed by atoms with Gasteiger partial charge in [-0.1, -0.05) is 24.4 Å². The van der Waals surface area contributed by atoms with Gasteiger partial charge in [0.2, 0.25) is 0 Å². The highest BCUT2D eigenvalue weighted by Gasteiger charge is 2.01. The first-order chi connectivity index (χ1) is 8.56. The smallest absolute Gasteiger partial charge is 0.122 e. The van der Waals surface area contributed by atoms with Gasteiger partial charge in [-0.3, -0.25) is 4.98 Å². The minimum atomic E-state index is 0.313. The van der Waals surface area contributed by atoms with Crippen LogP contribution in [0.3, 0.4) is 0 Å². The average molecular weight is 257 g/mol. The van der Waals surface area contributed by atoms with E-state index in [0.717, 1.165) is 11.4 Å². The SMILES string of the molecule is Cc1ccc(C)c(Nc2ccc(C(N)=S)nc2)c1. The van der Waals surface area contributed by atoms with Crippen LogP contribution in [-0.4, -0.2) is 9.97 Å². The molecule has 2 aromatic rings. The third-order valence-corrected chi connectivity index (χ3v) is 2.90. The Hall–Kier alpha value is -1.94. The molecule has 4 heteroatoms. The lowest BCUT2D eigenvalue weighted by Gasteiger charge is -2.10. The normalized spacial score (nSPS) is 10.1. The summed E-state index contributed by atoms with van der Waals surface area (Å²) in [5.41, 5.74) is 10.6. The monoisotopic (exact) mass is 257 g/mol. The topological polar surface area (TPSA) is 50.9 Å². The fraction of sp³-hybridized carbons (Fsp3) is 0.143. The Morgan fingerprint density at radius 3 is 2.61 bits per heavy atom. The molecule has 0 bridgehead atoms. The first-order valence-electron chi connectivity index (χ1n) is 5.66. The van der Waals surface area contributed by atoms with Gasteiger partial charge in [0.05, 0.1) is 17.6 Å². The number of benzene rings is 1. The largest absolute Gasteiger partial charge is 0.388 e. The van der Waals surface area contributed by atoms with Gasteiger partial charge in [-0.2, -0.15) is 0 Å². The third kappa shape index (κ3) is 2.84. The minimum absolute atomic E-state index is 0.313. The molecule has 1 aromatic carbocycles. The fourth-order valence-corrected chi connectivity index (χ4v) is 1.76. The number of rotatable bonds is 3. The van der Waals surface area contributed by atoms with Crippen molar-refractivity contribution in [3.63, 3.8) is 0 Å². The summed E-state index contributed by atoms with van der Waals surface area (Å²) < 4.78 is 0. The van der Waals surface area contributed by atoms with Gasteiger partial charge in [0.25, 0.3) is 0 Å². The maximum atomic E-state index is 5.51. The van der Waals surface area contributed by atoms with E-state index in [-0.39, 0.29) is 0 Å². The molecular formula is C14H15N3S. The average Bonchev–Trinajstić information content (AvgIpc) is 2.34. The second-order valence-electron chi connectivity index (χ2n) is 4.24. The number of nitrogens with one attached hydrogen (secondary N) is 1. The summed E-state index contributed by atoms with van der Waals surface area (Å²) in [4.78, 5) is 4.51. The molecule has 0 aliphatic carbocycles. The van der Waals surface area contributed by atoms with Crippen molar-refractivity contribution in [2.24, 2.45) is 5.73 Å². The molecule has 1 aromatic heterocycles. The number of nitrogens with zero attached hydrogens (tertiary/aromatic N) is 1. The van der Waals surface area contributed by atoms with Crippen molar-refractivity contribution in [1.82, 2.24) is 4.98 Å². The predicted octanol–water partition coefficient (Wildman–Crippen LogP) is 3.08. The Labute approximate surface area is 112 Å². The standard InChI is InChI=1S/C14H15N3S/c1-9-3-4-10(2)13(7-9)17-11-5-6-12(14(15)18)16-8-11/h3-8,17H,1-2H3,(H2,15,18). The van der Waals surface area contributed by atoms with Crippen LogP contribution < -0.4 is 11.1 Å². The summed E-state index contributed by atoms with van der Waals surface area (Å²) >= 11 is 4.87. The molecule has 0 unspecified atom stereocenters. The Morgan fingerprint density at radius 2 is 2.00 bits per heavy atom. The number of hydrogen-bond acceptors (Lipinski definition) is 3. The fourth-order valence-electron chi connectivity index (χ4n) is 1.64. The Balaban J connectivity index is 2.23. The second-order valence-corrected chi connectivity index (χ2v) is 4.68. The molecule has 18 heavy (non-hydrogen) atoms. The zero-order valence-corrected chi connectivity index (χ0v) is 11.2. The molecule has 0 saturated carbocycles. The lowest BCUT2D eigenvalue weighted by molar-refractivity contribution is 1.28. The van der Waals surface area contributed by atoms with Crippen molar-refractivity contribution >= 4 is 28.6 Å². The van der Waals surface area contributed by atoms with Crippen LogP contribution in [0, 0.1) is 13.8 Å². The van der Waals surface area contributed by atoms with Crippen LogP contribution in [0.4, 0.5) is 11.4 Å². The summed E-state index contributed by atoms with van der Waals surface area (Å²) in [5.74, 6) is 0. The molecule has 1 heterocycles. The number of aromatic nitrogens is 1. The number of aryl methyl sites for hydroxylation is 2. The highest BCUT2D eigenvalue weighted by molar-refractivity contribution is 7.80. The van der Waals surface area contributed by atoms with E-state index >= 15 is 0 Å². The van der Waals surface area contributed by atoms with Crippen LogP contribution in [-0.2, 0) is 0 Å². The van der Waals surface area contributed by atoms with Crippen LogP contribution in [0.5, 0.6) is 0 Å². The number of hydrogen-bond donors (Lipinski definition) is 2. The van der Waals surface area contributed by atoms with Gasteiger partial charge in [0, 0.05) is 5.69 Å². The van der Waals surface area contributed by atoms with E-state index in [0.29, 0.717) is 10.7 Å². The molecule has 3 nitrogen and oxygen atoms in total. The molecule has 3 N–H and O–H groups in total. The van der Waals surface area contributed by atoms with E-state index < -0.39 is 0 Å². The molecule has 92 valence electrons. The van der Waals surface area contributed by atoms with Gasteiger partial charge in [0.15, 0.2) is 0 Å². The van der Waals surface area contributed by atoms with Crippen LogP contribution >= 0.6 is 12.2 Å². The van der Waals surface area contributed by atoms with Crippen molar-refractivity contribution in [2.75, 3.05) is 5.32 Å². The van der Waals surface area contributed by atoms with Crippen molar-refractivity contribution in [1.29, 1.82) is 0 Å². The van der Waals surface area contributed by atoms with E-state index in [9.17, 15) is 0 Å². The van der Waals surface area contributed by atoms with Crippen molar-refractivity contribution < 1.29 is 0 Å². The van der Waals surface area contributed by atoms with Gasteiger partial charge < -0.3 is 11.1 Å². The summed E-state index contributed by atoms with van der Waals surface area (Å²) in [6.45, 7) is 4.14. The number of pyridine rings is 1. The Kier molecular flexibility index (Phi) is 3.58. The minimum Gasteiger partial charge on any atom is -0.388 e. The van der Waals surface area contributed by atoms with Gasteiger partial charge in [-0.15, -0.1) is 0 Å². The zero-order chi connectivity index (χ0) is 13.1. The maximum absolute atomic E-state index is 5.51. The molecule has 0 spiro atoms. The van der Waals surface area contributed by atoms with Crippen molar-refractivity contribution in [3.8, 4) is 0 Å². The van der Waals surface area contributed by atoms with E-state index in [2.05, 4.69) is 42.3 Å². The summed E-state index contributed by atoms with van der Waals surface area (Å²) in [5, 5.41) is 3.33. The van der Waals surface area contributed by atoms with Crippen LogP contribution in [0.25, 0.3) is 0 Å². The second kappa shape index (κ2) is 5.14. The van der Waals surface area contributed by atoms with Gasteiger partial charge in [-0.05, 0) is 43.2 Å². The summed E-state index contributed by atoms with van der Waals surface area (Å²) in [6, 6.07) is 10.0. The Bertz CT molecular complexity index is 576. The molecule has 0 aliphatic heterocycles. The van der Waals surface area contributed by atoms with Crippen LogP contribution in [0.2, 0.25) is 0 Å². The Morgan fingerprint density at radius 1 is 1.22 bits per heavy atom. The van der Waals surface area contributed by atoms with E-state index in [1.54, 1.807) is 6.20 Å². The van der Waals surface area contributed by atoms with E-state index in [1.165, 1.54) is 11.1 Å². The molecular weight excluding hydrogens is 242 g/mol. The molecule has 0 aliphatic rings. The predicted molar refractivity (Wildman–Crippen MR) is 79.3 cm³/mol. The van der Waals surface area contributed by atoms with Gasteiger partial charge in [0.1, 0.15) is 4.99 Å². The number of anilines is 2. The zero-order valence-electron chi connectivity index (χ0n) is 10.4. The molecule has 0 atom stereocenters. The third-order valence-electron chi connectivity index (χ3n) is 2.69. The first kappa shape index (κ1) is 12.5. The molecule has 0 radical (unpaired) electrons. The lowest BCUT2D eigenvalue weighted by atomic mass is 10.1. The number of nitrogens with two attached hydrogens (primary N) is 1. The molecule has 0 saturated heterocycles. The van der Waals surface area contributed by atoms with E-state index in [1.807, 2.05) is 12.1 Å². The molecule has 0 fully saturated rings. The summed E-state index contributed by atoms with van der Waals surface area (Å²) in [6.07, 6.45) is 1.73.